The van der Waals surface area contributed by atoms with Crippen LogP contribution in [0.25, 0.3) is 5.82 Å². The first-order valence-electron chi connectivity index (χ1n) is 10.9. The van der Waals surface area contributed by atoms with Gasteiger partial charge < -0.3 is 15.5 Å². The lowest BCUT2D eigenvalue weighted by atomic mass is 10.2. The Morgan fingerprint density at radius 3 is 2.34 bits per heavy atom. The molecule has 0 atom stereocenters. The van der Waals surface area contributed by atoms with Crippen LogP contribution in [0.1, 0.15) is 35.4 Å². The van der Waals surface area contributed by atoms with Crippen molar-refractivity contribution in [2.45, 2.75) is 39.8 Å². The molecule has 2 N–H and O–H groups in total. The minimum absolute atomic E-state index is 0.206. The van der Waals surface area contributed by atoms with Crippen molar-refractivity contribution in [3.05, 3.63) is 71.2 Å². The number of carbonyl (C=O) groups excluding carboxylic acids is 1. The van der Waals surface area contributed by atoms with Crippen molar-refractivity contribution < 1.29 is 4.79 Å². The van der Waals surface area contributed by atoms with Crippen LogP contribution in [-0.4, -0.2) is 40.2 Å². The predicted molar refractivity (Wildman–Crippen MR) is 126 cm³/mol. The van der Waals surface area contributed by atoms with Gasteiger partial charge in [0.15, 0.2) is 11.8 Å². The molecule has 0 aliphatic carbocycles. The molecule has 32 heavy (non-hydrogen) atoms. The Morgan fingerprint density at radius 2 is 1.78 bits per heavy atom. The Labute approximate surface area is 188 Å². The van der Waals surface area contributed by atoms with E-state index in [1.807, 2.05) is 72.1 Å². The van der Waals surface area contributed by atoms with Crippen LogP contribution in [0, 0.1) is 13.8 Å². The van der Waals surface area contributed by atoms with Crippen molar-refractivity contribution in [3.63, 3.8) is 0 Å². The molecule has 1 fully saturated rings. The third-order valence-electron chi connectivity index (χ3n) is 5.50. The van der Waals surface area contributed by atoms with Gasteiger partial charge in [-0.15, -0.1) is 0 Å². The maximum Gasteiger partial charge on any atom is 0.227 e. The Balaban J connectivity index is 1.28. The highest BCUT2D eigenvalue weighted by Gasteiger charge is 2.21. The predicted octanol–water partition coefficient (Wildman–Crippen LogP) is 2.88. The number of aryl methyl sites for hydroxylation is 2. The van der Waals surface area contributed by atoms with Gasteiger partial charge in [-0.3, -0.25) is 9.79 Å². The highest BCUT2D eigenvalue weighted by molar-refractivity contribution is 5.95. The molecule has 1 saturated heterocycles. The third-order valence-corrected chi connectivity index (χ3v) is 5.50. The van der Waals surface area contributed by atoms with Crippen molar-refractivity contribution in [2.24, 2.45) is 4.99 Å². The van der Waals surface area contributed by atoms with Crippen LogP contribution in [0.15, 0.2) is 53.7 Å². The van der Waals surface area contributed by atoms with E-state index in [0.717, 1.165) is 47.0 Å². The number of guanidine groups is 1. The second-order valence-electron chi connectivity index (χ2n) is 7.96. The number of benzene rings is 1. The van der Waals surface area contributed by atoms with Gasteiger partial charge in [0.2, 0.25) is 5.91 Å². The van der Waals surface area contributed by atoms with Gasteiger partial charge in [0.25, 0.3) is 0 Å². The van der Waals surface area contributed by atoms with Crippen LogP contribution in [-0.2, 0) is 17.9 Å². The summed E-state index contributed by atoms with van der Waals surface area (Å²) in [4.78, 5) is 22.6. The van der Waals surface area contributed by atoms with Crippen molar-refractivity contribution in [1.29, 1.82) is 0 Å². The third kappa shape index (κ3) is 4.96. The molecule has 0 saturated carbocycles. The summed E-state index contributed by atoms with van der Waals surface area (Å²) in [5.41, 5.74) is 5.18. The molecule has 3 heterocycles. The zero-order valence-electron chi connectivity index (χ0n) is 18.8. The molecule has 1 aliphatic rings. The highest BCUT2D eigenvalue weighted by atomic mass is 16.2. The fourth-order valence-corrected chi connectivity index (χ4v) is 3.81. The van der Waals surface area contributed by atoms with Gasteiger partial charge in [0, 0.05) is 50.7 Å². The van der Waals surface area contributed by atoms with Crippen LogP contribution >= 0.6 is 0 Å². The van der Waals surface area contributed by atoms with E-state index in [-0.39, 0.29) is 5.91 Å². The molecule has 8 nitrogen and oxygen atoms in total. The first kappa shape index (κ1) is 21.5. The van der Waals surface area contributed by atoms with Gasteiger partial charge in [0.1, 0.15) is 0 Å². The molecular weight excluding hydrogens is 402 g/mol. The van der Waals surface area contributed by atoms with E-state index in [0.29, 0.717) is 25.5 Å². The average molecular weight is 432 g/mol. The number of aromatic nitrogens is 3. The lowest BCUT2D eigenvalue weighted by Gasteiger charge is -2.16. The summed E-state index contributed by atoms with van der Waals surface area (Å²) in [7, 11) is 1.75. The first-order valence-corrected chi connectivity index (χ1v) is 10.9. The number of carbonyl (C=O) groups is 1. The number of pyridine rings is 1. The molecule has 0 unspecified atom stereocenters. The normalized spacial score (nSPS) is 14.2. The fourth-order valence-electron chi connectivity index (χ4n) is 3.81. The zero-order chi connectivity index (χ0) is 22.5. The smallest absolute Gasteiger partial charge is 0.227 e. The Hall–Kier alpha value is -3.68. The summed E-state index contributed by atoms with van der Waals surface area (Å²) in [6.07, 6.45) is 3.43. The highest BCUT2D eigenvalue weighted by Crippen LogP contribution is 2.21. The second-order valence-corrected chi connectivity index (χ2v) is 7.96. The summed E-state index contributed by atoms with van der Waals surface area (Å²) in [5.74, 6) is 1.73. The van der Waals surface area contributed by atoms with Crippen molar-refractivity contribution >= 4 is 17.6 Å². The van der Waals surface area contributed by atoms with E-state index < -0.39 is 0 Å². The average Bonchev–Trinajstić information content (AvgIpc) is 3.39. The fraction of sp³-hybridized carbons (Fsp3) is 0.333. The number of hydrogen-bond donors (Lipinski definition) is 2. The van der Waals surface area contributed by atoms with Gasteiger partial charge >= 0.3 is 0 Å². The molecule has 0 spiro atoms. The summed E-state index contributed by atoms with van der Waals surface area (Å²) < 4.78 is 1.85. The summed E-state index contributed by atoms with van der Waals surface area (Å²) in [6.45, 7) is 6.06. The summed E-state index contributed by atoms with van der Waals surface area (Å²) in [6, 6.07) is 14.1. The molecular formula is C24H29N7O. The quantitative estimate of drug-likeness (QED) is 0.463. The van der Waals surface area contributed by atoms with Crippen molar-refractivity contribution in [2.75, 3.05) is 18.5 Å². The maximum atomic E-state index is 11.9. The lowest BCUT2D eigenvalue weighted by Crippen LogP contribution is -2.36. The lowest BCUT2D eigenvalue weighted by molar-refractivity contribution is -0.117. The Morgan fingerprint density at radius 1 is 1.06 bits per heavy atom. The van der Waals surface area contributed by atoms with Crippen LogP contribution in [0.2, 0.25) is 0 Å². The maximum absolute atomic E-state index is 11.9. The topological polar surface area (TPSA) is 87.4 Å². The molecule has 0 radical (unpaired) electrons. The molecule has 1 aromatic carbocycles. The van der Waals surface area contributed by atoms with E-state index in [2.05, 4.69) is 25.7 Å². The van der Waals surface area contributed by atoms with E-state index in [4.69, 9.17) is 0 Å². The van der Waals surface area contributed by atoms with Crippen LogP contribution < -0.4 is 15.5 Å². The minimum atomic E-state index is 0.206. The van der Waals surface area contributed by atoms with Gasteiger partial charge in [-0.25, -0.2) is 9.67 Å². The van der Waals surface area contributed by atoms with Gasteiger partial charge in [-0.2, -0.15) is 5.10 Å². The molecule has 1 amide bonds. The standard InChI is InChI=1S/C24H29N7O/c1-17-13-18(2)31(29-17)22-11-8-20(15-26-22)16-28-24(25-3)27-14-19-6-9-21(10-7-19)30-12-4-5-23(30)32/h6-11,13,15H,4-5,12,14,16H2,1-3H3,(H2,25,27,28). The molecule has 1 aliphatic heterocycles. The van der Waals surface area contributed by atoms with Crippen LogP contribution in [0.5, 0.6) is 0 Å². The minimum Gasteiger partial charge on any atom is -0.352 e. The number of nitrogens with one attached hydrogen (secondary N) is 2. The number of amides is 1. The first-order chi connectivity index (χ1) is 15.5. The SMILES string of the molecule is CN=C(NCc1ccc(N2CCCC2=O)cc1)NCc1ccc(-n2nc(C)cc2C)nc1. The zero-order valence-corrected chi connectivity index (χ0v) is 18.8. The summed E-state index contributed by atoms with van der Waals surface area (Å²) >= 11 is 0. The van der Waals surface area contributed by atoms with Gasteiger partial charge in [-0.05, 0) is 55.7 Å². The van der Waals surface area contributed by atoms with Crippen molar-refractivity contribution in [3.8, 4) is 5.82 Å². The van der Waals surface area contributed by atoms with Crippen LogP contribution in [0.4, 0.5) is 5.69 Å². The molecule has 3 aromatic rings. The molecule has 0 bridgehead atoms. The van der Waals surface area contributed by atoms with E-state index in [1.54, 1.807) is 7.05 Å². The molecule has 166 valence electrons. The number of anilines is 1. The number of hydrogen-bond acceptors (Lipinski definition) is 4. The second kappa shape index (κ2) is 9.64. The number of aliphatic imine (C=N–C) groups is 1. The molecule has 8 heteroatoms. The van der Waals surface area contributed by atoms with Gasteiger partial charge in [-0.1, -0.05) is 18.2 Å². The van der Waals surface area contributed by atoms with Crippen molar-refractivity contribution in [1.82, 2.24) is 25.4 Å². The monoisotopic (exact) mass is 431 g/mol. The number of rotatable bonds is 6. The Bertz CT molecular complexity index is 1100. The molecule has 2 aromatic heterocycles. The van der Waals surface area contributed by atoms with Crippen LogP contribution in [0.3, 0.4) is 0 Å². The summed E-state index contributed by atoms with van der Waals surface area (Å²) in [5, 5.41) is 11.1. The molecule has 4 rings (SSSR count). The largest absolute Gasteiger partial charge is 0.352 e. The van der Waals surface area contributed by atoms with Gasteiger partial charge in [0.05, 0.1) is 5.69 Å². The Kier molecular flexibility index (Phi) is 6.49. The van der Waals surface area contributed by atoms with E-state index >= 15 is 0 Å². The van der Waals surface area contributed by atoms with E-state index in [9.17, 15) is 4.79 Å². The number of nitrogens with zero attached hydrogens (tertiary/aromatic N) is 5. The van der Waals surface area contributed by atoms with E-state index in [1.165, 1.54) is 0 Å².